The van der Waals surface area contributed by atoms with Gasteiger partial charge >= 0.3 is 5.69 Å². The first-order valence-electron chi connectivity index (χ1n) is 10.7. The van der Waals surface area contributed by atoms with Crippen LogP contribution in [0.15, 0.2) is 27.8 Å². The van der Waals surface area contributed by atoms with Crippen molar-refractivity contribution in [3.63, 3.8) is 0 Å². The zero-order valence-corrected chi connectivity index (χ0v) is 19.5. The van der Waals surface area contributed by atoms with Gasteiger partial charge in [-0.2, -0.15) is 4.98 Å². The Hall–Kier alpha value is -3.31. The van der Waals surface area contributed by atoms with Crippen molar-refractivity contribution < 1.29 is 19.3 Å². The van der Waals surface area contributed by atoms with Crippen molar-refractivity contribution in [2.24, 2.45) is 7.05 Å². The molecule has 1 atom stereocenters. The summed E-state index contributed by atoms with van der Waals surface area (Å²) >= 11 is 0. The number of aliphatic hydroxyl groups excluding tert-OH is 1. The van der Waals surface area contributed by atoms with E-state index in [0.29, 0.717) is 30.4 Å². The molecule has 2 heterocycles. The van der Waals surface area contributed by atoms with Crippen LogP contribution in [0.25, 0.3) is 11.2 Å². The van der Waals surface area contributed by atoms with Gasteiger partial charge in [0.15, 0.2) is 22.7 Å². The van der Waals surface area contributed by atoms with Crippen LogP contribution in [-0.4, -0.2) is 63.8 Å². The molecule has 0 aliphatic rings. The molecule has 0 bridgehead atoms. The van der Waals surface area contributed by atoms with Crippen molar-refractivity contribution in [3.8, 4) is 11.5 Å². The molecule has 0 saturated heterocycles. The largest absolute Gasteiger partial charge is 0.493 e. The Morgan fingerprint density at radius 1 is 1.18 bits per heavy atom. The highest BCUT2D eigenvalue weighted by Gasteiger charge is 2.20. The SMILES string of the molecule is COc1ccc(CCNc2nc3c(c(=O)[nH]c(=O)n3C)n2C[C@H](O)COC(C)C)cc1OC. The van der Waals surface area contributed by atoms with Crippen molar-refractivity contribution in [2.45, 2.75) is 39.0 Å². The maximum Gasteiger partial charge on any atom is 0.329 e. The minimum absolute atomic E-state index is 0.0394. The van der Waals surface area contributed by atoms with E-state index >= 15 is 0 Å². The fourth-order valence-corrected chi connectivity index (χ4v) is 3.47. The Balaban J connectivity index is 1.86. The highest BCUT2D eigenvalue weighted by atomic mass is 16.5. The number of imidazole rings is 1. The molecule has 0 aliphatic heterocycles. The van der Waals surface area contributed by atoms with Crippen LogP contribution < -0.4 is 26.0 Å². The molecule has 0 spiro atoms. The second-order valence-electron chi connectivity index (χ2n) is 7.94. The number of fused-ring (bicyclic) bond motifs is 1. The van der Waals surface area contributed by atoms with Crippen LogP contribution in [0.4, 0.5) is 5.95 Å². The van der Waals surface area contributed by atoms with Gasteiger partial charge in [-0.25, -0.2) is 4.79 Å². The smallest absolute Gasteiger partial charge is 0.329 e. The number of hydrogen-bond acceptors (Lipinski definition) is 8. The summed E-state index contributed by atoms with van der Waals surface area (Å²) < 4.78 is 19.0. The lowest BCUT2D eigenvalue weighted by Gasteiger charge is -2.16. The Kier molecular flexibility index (Phi) is 7.77. The van der Waals surface area contributed by atoms with Crippen molar-refractivity contribution in [2.75, 3.05) is 32.7 Å². The fraction of sp³-hybridized carbons (Fsp3) is 0.500. The predicted molar refractivity (Wildman–Crippen MR) is 124 cm³/mol. The van der Waals surface area contributed by atoms with Crippen molar-refractivity contribution in [1.29, 1.82) is 0 Å². The summed E-state index contributed by atoms with van der Waals surface area (Å²) in [7, 11) is 4.70. The first-order valence-corrected chi connectivity index (χ1v) is 10.7. The first-order chi connectivity index (χ1) is 15.7. The number of aliphatic hydroxyl groups is 1. The highest BCUT2D eigenvalue weighted by Crippen LogP contribution is 2.27. The van der Waals surface area contributed by atoms with Crippen LogP contribution in [0.1, 0.15) is 19.4 Å². The third-order valence-corrected chi connectivity index (χ3v) is 5.17. The van der Waals surface area contributed by atoms with Crippen molar-refractivity contribution >= 4 is 17.1 Å². The van der Waals surface area contributed by atoms with E-state index in [-0.39, 0.29) is 30.4 Å². The van der Waals surface area contributed by atoms with Gasteiger partial charge in [-0.1, -0.05) is 6.07 Å². The summed E-state index contributed by atoms with van der Waals surface area (Å²) in [6.07, 6.45) is -0.270. The van der Waals surface area contributed by atoms with Crippen LogP contribution in [0, 0.1) is 0 Å². The van der Waals surface area contributed by atoms with Crippen LogP contribution in [-0.2, 0) is 24.8 Å². The minimum atomic E-state index is -0.868. The maximum absolute atomic E-state index is 12.6. The van der Waals surface area contributed by atoms with Crippen molar-refractivity contribution in [3.05, 3.63) is 44.6 Å². The summed E-state index contributed by atoms with van der Waals surface area (Å²) in [5.41, 5.74) is 0.324. The predicted octanol–water partition coefficient (Wildman–Crippen LogP) is 0.881. The molecule has 0 amide bonds. The summed E-state index contributed by atoms with van der Waals surface area (Å²) in [5.74, 6) is 1.66. The number of benzene rings is 1. The van der Waals surface area contributed by atoms with E-state index in [1.54, 1.807) is 18.8 Å². The minimum Gasteiger partial charge on any atom is -0.493 e. The zero-order valence-electron chi connectivity index (χ0n) is 19.5. The summed E-state index contributed by atoms with van der Waals surface area (Å²) in [5, 5.41) is 13.7. The van der Waals surface area contributed by atoms with E-state index in [1.807, 2.05) is 32.0 Å². The van der Waals surface area contributed by atoms with Gasteiger partial charge in [0.2, 0.25) is 5.95 Å². The number of ether oxygens (including phenoxy) is 3. The third kappa shape index (κ3) is 5.55. The lowest BCUT2D eigenvalue weighted by atomic mass is 10.1. The number of nitrogens with zero attached hydrogens (tertiary/aromatic N) is 3. The molecule has 0 unspecified atom stereocenters. The second kappa shape index (κ2) is 10.5. The van der Waals surface area contributed by atoms with Gasteiger partial charge in [0.05, 0.1) is 39.6 Å². The van der Waals surface area contributed by atoms with Crippen LogP contribution >= 0.6 is 0 Å². The Labute approximate surface area is 190 Å². The standard InChI is InChI=1S/C22H31N5O6/c1-13(2)33-12-15(28)11-27-18-19(26(3)22(30)25-20(18)29)24-21(27)23-9-8-14-6-7-16(31-4)17(10-14)32-5/h6-7,10,13,15,28H,8-9,11-12H2,1-5H3,(H,23,24)(H,25,29,30)/t15-/m0/s1. The van der Waals surface area contributed by atoms with E-state index in [2.05, 4.69) is 15.3 Å². The van der Waals surface area contributed by atoms with Crippen LogP contribution in [0.5, 0.6) is 11.5 Å². The van der Waals surface area contributed by atoms with Gasteiger partial charge in [-0.05, 0) is 38.0 Å². The summed E-state index contributed by atoms with van der Waals surface area (Å²) in [6.45, 7) is 4.42. The quantitative estimate of drug-likeness (QED) is 0.383. The molecule has 0 aliphatic carbocycles. The Morgan fingerprint density at radius 2 is 1.91 bits per heavy atom. The molecule has 3 N–H and O–H groups in total. The molecule has 180 valence electrons. The van der Waals surface area contributed by atoms with Gasteiger partial charge in [-0.15, -0.1) is 0 Å². The number of nitrogens with one attached hydrogen (secondary N) is 2. The van der Waals surface area contributed by atoms with Crippen LogP contribution in [0.3, 0.4) is 0 Å². The lowest BCUT2D eigenvalue weighted by molar-refractivity contribution is -0.000106. The molecular formula is C22H31N5O6. The molecule has 1 aromatic carbocycles. The number of aromatic amines is 1. The molecule has 33 heavy (non-hydrogen) atoms. The van der Waals surface area contributed by atoms with E-state index in [1.165, 1.54) is 11.6 Å². The van der Waals surface area contributed by atoms with Crippen LogP contribution in [0.2, 0.25) is 0 Å². The number of aryl methyl sites for hydroxylation is 1. The normalized spacial score (nSPS) is 12.3. The number of rotatable bonds is 11. The number of anilines is 1. The molecule has 0 fully saturated rings. The molecule has 11 heteroatoms. The van der Waals surface area contributed by atoms with Gasteiger partial charge in [0.25, 0.3) is 5.56 Å². The molecular weight excluding hydrogens is 430 g/mol. The van der Waals surface area contributed by atoms with E-state index in [9.17, 15) is 14.7 Å². The summed E-state index contributed by atoms with van der Waals surface area (Å²) in [4.78, 5) is 31.4. The van der Waals surface area contributed by atoms with Gasteiger partial charge < -0.3 is 29.2 Å². The maximum atomic E-state index is 12.6. The average Bonchev–Trinajstić information content (AvgIpc) is 3.14. The van der Waals surface area contributed by atoms with Gasteiger partial charge in [0, 0.05) is 13.6 Å². The Morgan fingerprint density at radius 3 is 2.58 bits per heavy atom. The molecule has 11 nitrogen and oxygen atoms in total. The number of methoxy groups -OCH3 is 2. The van der Waals surface area contributed by atoms with E-state index < -0.39 is 17.4 Å². The lowest BCUT2D eigenvalue weighted by Crippen LogP contribution is -2.31. The summed E-state index contributed by atoms with van der Waals surface area (Å²) in [6, 6.07) is 5.67. The van der Waals surface area contributed by atoms with E-state index in [4.69, 9.17) is 14.2 Å². The number of H-pyrrole nitrogens is 1. The zero-order chi connectivity index (χ0) is 24.1. The molecule has 0 radical (unpaired) electrons. The topological polar surface area (TPSA) is 133 Å². The number of aromatic nitrogens is 4. The fourth-order valence-electron chi connectivity index (χ4n) is 3.47. The first kappa shape index (κ1) is 24.3. The van der Waals surface area contributed by atoms with Gasteiger partial charge in [0.1, 0.15) is 0 Å². The molecule has 3 aromatic rings. The average molecular weight is 462 g/mol. The van der Waals surface area contributed by atoms with Gasteiger partial charge in [-0.3, -0.25) is 14.3 Å². The molecule has 3 rings (SSSR count). The van der Waals surface area contributed by atoms with Crippen molar-refractivity contribution in [1.82, 2.24) is 19.1 Å². The second-order valence-corrected chi connectivity index (χ2v) is 7.94. The highest BCUT2D eigenvalue weighted by molar-refractivity contribution is 5.74. The van der Waals surface area contributed by atoms with E-state index in [0.717, 1.165) is 5.56 Å². The number of hydrogen-bond donors (Lipinski definition) is 3. The Bertz CT molecular complexity index is 1210. The monoisotopic (exact) mass is 461 g/mol. The molecule has 2 aromatic heterocycles. The molecule has 0 saturated carbocycles. The third-order valence-electron chi connectivity index (χ3n) is 5.17.